The highest BCUT2D eigenvalue weighted by Crippen LogP contribution is 2.19. The van der Waals surface area contributed by atoms with Crippen molar-refractivity contribution in [3.63, 3.8) is 0 Å². The Hall–Kier alpha value is -2.30. The number of aromatic nitrogens is 1. The lowest BCUT2D eigenvalue weighted by atomic mass is 9.95. The third-order valence-corrected chi connectivity index (χ3v) is 3.25. The summed E-state index contributed by atoms with van der Waals surface area (Å²) in [6.45, 7) is 5.70. The molecule has 0 atom stereocenters. The SMILES string of the molecule is COc1ccc2[nH]c(=O)c(CNC(=O)C(C)(C)C)cc2c1. The smallest absolute Gasteiger partial charge is 0.253 e. The Labute approximate surface area is 123 Å². The van der Waals surface area contributed by atoms with Gasteiger partial charge in [0.15, 0.2) is 0 Å². The number of ether oxygens (including phenoxy) is 1. The van der Waals surface area contributed by atoms with E-state index in [1.807, 2.05) is 26.8 Å². The van der Waals surface area contributed by atoms with Crippen LogP contribution in [-0.4, -0.2) is 18.0 Å². The number of carbonyl (C=O) groups excluding carboxylic acids is 1. The van der Waals surface area contributed by atoms with Crippen LogP contribution < -0.4 is 15.6 Å². The van der Waals surface area contributed by atoms with E-state index in [1.165, 1.54) is 0 Å². The van der Waals surface area contributed by atoms with Gasteiger partial charge in [-0.25, -0.2) is 0 Å². The second-order valence-electron chi connectivity index (χ2n) is 6.01. The number of aromatic amines is 1. The molecule has 1 heterocycles. The molecule has 2 N–H and O–H groups in total. The van der Waals surface area contributed by atoms with E-state index >= 15 is 0 Å². The maximum absolute atomic E-state index is 12.0. The van der Waals surface area contributed by atoms with Gasteiger partial charge >= 0.3 is 0 Å². The van der Waals surface area contributed by atoms with Crippen molar-refractivity contribution in [1.82, 2.24) is 10.3 Å². The lowest BCUT2D eigenvalue weighted by Crippen LogP contribution is -2.35. The first-order valence-electron chi connectivity index (χ1n) is 6.79. The molecule has 5 nitrogen and oxygen atoms in total. The van der Waals surface area contributed by atoms with E-state index in [-0.39, 0.29) is 18.0 Å². The zero-order valence-corrected chi connectivity index (χ0v) is 12.7. The molecule has 0 aliphatic heterocycles. The number of hydrogen-bond acceptors (Lipinski definition) is 3. The number of H-pyrrole nitrogens is 1. The van der Waals surface area contributed by atoms with Gasteiger partial charge in [0.1, 0.15) is 5.75 Å². The summed E-state index contributed by atoms with van der Waals surface area (Å²) in [5.41, 5.74) is 0.592. The highest BCUT2D eigenvalue weighted by molar-refractivity contribution is 5.82. The van der Waals surface area contributed by atoms with E-state index in [9.17, 15) is 9.59 Å². The number of amides is 1. The number of nitrogens with one attached hydrogen (secondary N) is 2. The molecular formula is C16H20N2O3. The Morgan fingerprint density at radius 2 is 2.00 bits per heavy atom. The van der Waals surface area contributed by atoms with Crippen LogP contribution in [0.1, 0.15) is 26.3 Å². The summed E-state index contributed by atoms with van der Waals surface area (Å²) in [6, 6.07) is 7.21. The van der Waals surface area contributed by atoms with Crippen molar-refractivity contribution >= 4 is 16.8 Å². The average Bonchev–Trinajstić information content (AvgIpc) is 2.43. The van der Waals surface area contributed by atoms with Gasteiger partial charge in [0.25, 0.3) is 5.56 Å². The second kappa shape index (κ2) is 5.60. The largest absolute Gasteiger partial charge is 0.497 e. The Kier molecular flexibility index (Phi) is 4.02. The zero-order valence-electron chi connectivity index (χ0n) is 12.7. The normalized spacial score (nSPS) is 11.4. The topological polar surface area (TPSA) is 71.2 Å². The molecule has 1 aromatic heterocycles. The summed E-state index contributed by atoms with van der Waals surface area (Å²) < 4.78 is 5.17. The van der Waals surface area contributed by atoms with E-state index in [4.69, 9.17) is 4.74 Å². The Morgan fingerprint density at radius 1 is 1.29 bits per heavy atom. The fraction of sp³-hybridized carbons (Fsp3) is 0.375. The van der Waals surface area contributed by atoms with Gasteiger partial charge in [0, 0.05) is 28.4 Å². The number of pyridine rings is 1. The van der Waals surface area contributed by atoms with Gasteiger partial charge in [-0.15, -0.1) is 0 Å². The standard InChI is InChI=1S/C16H20N2O3/c1-16(2,3)15(20)17-9-11-7-10-8-12(21-4)5-6-13(10)18-14(11)19/h5-8H,9H2,1-4H3,(H,17,20)(H,18,19). The quantitative estimate of drug-likeness (QED) is 0.909. The van der Waals surface area contributed by atoms with Gasteiger partial charge in [-0.3, -0.25) is 9.59 Å². The molecule has 0 bridgehead atoms. The van der Waals surface area contributed by atoms with E-state index in [2.05, 4.69) is 10.3 Å². The Bertz CT molecular complexity index is 726. The highest BCUT2D eigenvalue weighted by Gasteiger charge is 2.20. The molecular weight excluding hydrogens is 268 g/mol. The molecule has 2 aromatic rings. The van der Waals surface area contributed by atoms with Crippen LogP contribution in [0, 0.1) is 5.41 Å². The van der Waals surface area contributed by atoms with E-state index in [1.54, 1.807) is 25.3 Å². The fourth-order valence-corrected chi connectivity index (χ4v) is 1.93. The molecule has 1 amide bonds. The molecule has 0 radical (unpaired) electrons. The number of methoxy groups -OCH3 is 1. The van der Waals surface area contributed by atoms with E-state index in [0.717, 1.165) is 16.7 Å². The van der Waals surface area contributed by atoms with Crippen molar-refractivity contribution in [2.45, 2.75) is 27.3 Å². The fourth-order valence-electron chi connectivity index (χ4n) is 1.93. The minimum absolute atomic E-state index is 0.0901. The van der Waals surface area contributed by atoms with Gasteiger partial charge in [-0.2, -0.15) is 0 Å². The summed E-state index contributed by atoms with van der Waals surface area (Å²) in [5.74, 6) is 0.631. The van der Waals surface area contributed by atoms with Crippen LogP contribution >= 0.6 is 0 Å². The molecule has 0 saturated heterocycles. The van der Waals surface area contributed by atoms with Crippen LogP contribution in [0.25, 0.3) is 10.9 Å². The van der Waals surface area contributed by atoms with Crippen LogP contribution in [0.4, 0.5) is 0 Å². The summed E-state index contributed by atoms with van der Waals surface area (Å²) >= 11 is 0. The van der Waals surface area contributed by atoms with Gasteiger partial charge in [-0.1, -0.05) is 20.8 Å². The number of fused-ring (bicyclic) bond motifs is 1. The highest BCUT2D eigenvalue weighted by atomic mass is 16.5. The first kappa shape index (κ1) is 15.1. The van der Waals surface area contributed by atoms with Gasteiger partial charge in [0.2, 0.25) is 5.91 Å². The summed E-state index contributed by atoms with van der Waals surface area (Å²) in [4.78, 5) is 26.7. The average molecular weight is 288 g/mol. The number of carbonyl (C=O) groups is 1. The lowest BCUT2D eigenvalue weighted by Gasteiger charge is -2.17. The second-order valence-corrected chi connectivity index (χ2v) is 6.01. The third-order valence-electron chi connectivity index (χ3n) is 3.25. The van der Waals surface area contributed by atoms with Crippen molar-refractivity contribution in [3.8, 4) is 5.75 Å². The van der Waals surface area contributed by atoms with Crippen LogP contribution in [0.15, 0.2) is 29.1 Å². The predicted molar refractivity (Wildman–Crippen MR) is 82.4 cm³/mol. The van der Waals surface area contributed by atoms with E-state index in [0.29, 0.717) is 5.56 Å². The number of rotatable bonds is 3. The van der Waals surface area contributed by atoms with Crippen molar-refractivity contribution < 1.29 is 9.53 Å². The molecule has 21 heavy (non-hydrogen) atoms. The summed E-state index contributed by atoms with van der Waals surface area (Å²) in [6.07, 6.45) is 0. The molecule has 0 aliphatic rings. The summed E-state index contributed by atoms with van der Waals surface area (Å²) in [5, 5.41) is 3.65. The molecule has 112 valence electrons. The Morgan fingerprint density at radius 3 is 2.62 bits per heavy atom. The number of hydrogen-bond donors (Lipinski definition) is 2. The molecule has 5 heteroatoms. The maximum atomic E-state index is 12.0. The molecule has 2 rings (SSSR count). The molecule has 0 aliphatic carbocycles. The van der Waals surface area contributed by atoms with Gasteiger partial charge in [0.05, 0.1) is 7.11 Å². The van der Waals surface area contributed by atoms with Crippen LogP contribution in [0.5, 0.6) is 5.75 Å². The lowest BCUT2D eigenvalue weighted by molar-refractivity contribution is -0.128. The van der Waals surface area contributed by atoms with Crippen LogP contribution in [-0.2, 0) is 11.3 Å². The monoisotopic (exact) mass is 288 g/mol. The third kappa shape index (κ3) is 3.42. The van der Waals surface area contributed by atoms with Crippen LogP contribution in [0.3, 0.4) is 0 Å². The zero-order chi connectivity index (χ0) is 15.6. The number of benzene rings is 1. The predicted octanol–water partition coefficient (Wildman–Crippen LogP) is 2.20. The minimum atomic E-state index is -0.479. The molecule has 0 fully saturated rings. The van der Waals surface area contributed by atoms with Gasteiger partial charge < -0.3 is 15.0 Å². The van der Waals surface area contributed by atoms with Crippen LogP contribution in [0.2, 0.25) is 0 Å². The molecule has 0 spiro atoms. The van der Waals surface area contributed by atoms with Crippen molar-refractivity contribution in [2.24, 2.45) is 5.41 Å². The van der Waals surface area contributed by atoms with Gasteiger partial charge in [-0.05, 0) is 24.3 Å². The van der Waals surface area contributed by atoms with Crippen molar-refractivity contribution in [2.75, 3.05) is 7.11 Å². The first-order valence-corrected chi connectivity index (χ1v) is 6.79. The summed E-state index contributed by atoms with van der Waals surface area (Å²) in [7, 11) is 1.59. The Balaban J connectivity index is 2.29. The minimum Gasteiger partial charge on any atom is -0.497 e. The maximum Gasteiger partial charge on any atom is 0.253 e. The molecule has 1 aromatic carbocycles. The van der Waals surface area contributed by atoms with E-state index < -0.39 is 5.41 Å². The molecule has 0 saturated carbocycles. The van der Waals surface area contributed by atoms with Crippen molar-refractivity contribution in [1.29, 1.82) is 0 Å². The first-order chi connectivity index (χ1) is 9.81. The van der Waals surface area contributed by atoms with Crippen molar-refractivity contribution in [3.05, 3.63) is 40.2 Å². The molecule has 0 unspecified atom stereocenters.